The van der Waals surface area contributed by atoms with E-state index in [9.17, 15) is 0 Å². The fourth-order valence-corrected chi connectivity index (χ4v) is 3.75. The van der Waals surface area contributed by atoms with Crippen molar-refractivity contribution in [3.8, 4) is 0 Å². The van der Waals surface area contributed by atoms with E-state index in [-0.39, 0.29) is 5.41 Å². The van der Waals surface area contributed by atoms with Gasteiger partial charge in [0.25, 0.3) is 0 Å². The zero-order valence-electron chi connectivity index (χ0n) is 12.9. The van der Waals surface area contributed by atoms with Gasteiger partial charge in [0, 0.05) is 12.5 Å². The van der Waals surface area contributed by atoms with Crippen LogP contribution in [0.2, 0.25) is 0 Å². The maximum Gasteiger partial charge on any atom is 0.115 e. The minimum absolute atomic E-state index is 0.266. The van der Waals surface area contributed by atoms with E-state index in [1.165, 1.54) is 42.6 Å². The minimum atomic E-state index is 0.266. The molecule has 0 saturated carbocycles. The first-order valence-electron chi connectivity index (χ1n) is 7.80. The van der Waals surface area contributed by atoms with Gasteiger partial charge in [0.05, 0.1) is 11.0 Å². The molecule has 0 spiro atoms. The standard InChI is InChI=1S/C17H25N3/c1-4-7-17(8-10-18-11-9-17)16-19-14-12-13(2)5-6-15(14)20(16)3/h5-6,12,18H,4,7-11H2,1-3H3. The summed E-state index contributed by atoms with van der Waals surface area (Å²) in [6.07, 6.45) is 4.88. The van der Waals surface area contributed by atoms with Gasteiger partial charge in [-0.15, -0.1) is 0 Å². The monoisotopic (exact) mass is 271 g/mol. The number of piperidine rings is 1. The average molecular weight is 271 g/mol. The number of aryl methyl sites for hydroxylation is 2. The van der Waals surface area contributed by atoms with Crippen molar-refractivity contribution in [1.82, 2.24) is 14.9 Å². The topological polar surface area (TPSA) is 29.9 Å². The van der Waals surface area contributed by atoms with E-state index in [0.717, 1.165) is 18.6 Å². The summed E-state index contributed by atoms with van der Waals surface area (Å²) in [7, 11) is 2.18. The number of hydrogen-bond acceptors (Lipinski definition) is 2. The highest BCUT2D eigenvalue weighted by Gasteiger charge is 2.37. The molecule has 0 amide bonds. The first-order chi connectivity index (χ1) is 9.66. The number of nitrogens with zero attached hydrogens (tertiary/aromatic N) is 2. The fraction of sp³-hybridized carbons (Fsp3) is 0.588. The first-order valence-corrected chi connectivity index (χ1v) is 7.80. The summed E-state index contributed by atoms with van der Waals surface area (Å²) in [5.74, 6) is 1.29. The summed E-state index contributed by atoms with van der Waals surface area (Å²) in [5.41, 5.74) is 3.97. The number of rotatable bonds is 3. The van der Waals surface area contributed by atoms with Gasteiger partial charge in [0.15, 0.2) is 0 Å². The molecule has 1 fully saturated rings. The molecule has 0 aliphatic carbocycles. The predicted octanol–water partition coefficient (Wildman–Crippen LogP) is 3.30. The van der Waals surface area contributed by atoms with Crippen LogP contribution in [-0.2, 0) is 12.5 Å². The SMILES string of the molecule is CCCC1(c2nc3cc(C)ccc3n2C)CCNCC1. The van der Waals surface area contributed by atoms with E-state index in [2.05, 4.69) is 49.0 Å². The third kappa shape index (κ3) is 2.14. The van der Waals surface area contributed by atoms with Crippen LogP contribution in [0.25, 0.3) is 11.0 Å². The molecule has 2 aromatic rings. The molecule has 3 nitrogen and oxygen atoms in total. The normalized spacial score (nSPS) is 18.6. The fourth-order valence-electron chi connectivity index (χ4n) is 3.75. The highest BCUT2D eigenvalue weighted by Crippen LogP contribution is 2.38. The Kier molecular flexibility index (Phi) is 3.55. The second kappa shape index (κ2) is 5.21. The van der Waals surface area contributed by atoms with E-state index >= 15 is 0 Å². The molecular weight excluding hydrogens is 246 g/mol. The first kappa shape index (κ1) is 13.6. The Balaban J connectivity index is 2.13. The lowest BCUT2D eigenvalue weighted by atomic mass is 9.74. The predicted molar refractivity (Wildman–Crippen MR) is 84.1 cm³/mol. The maximum atomic E-state index is 5.02. The lowest BCUT2D eigenvalue weighted by Crippen LogP contribution is -2.41. The Morgan fingerprint density at radius 2 is 2.05 bits per heavy atom. The molecular formula is C17H25N3. The number of aromatic nitrogens is 2. The molecule has 1 N–H and O–H groups in total. The Hall–Kier alpha value is -1.35. The van der Waals surface area contributed by atoms with E-state index in [1.54, 1.807) is 0 Å². The molecule has 1 aromatic heterocycles. The third-order valence-corrected chi connectivity index (χ3v) is 4.80. The van der Waals surface area contributed by atoms with Crippen molar-refractivity contribution < 1.29 is 0 Å². The van der Waals surface area contributed by atoms with Crippen molar-refractivity contribution in [1.29, 1.82) is 0 Å². The summed E-state index contributed by atoms with van der Waals surface area (Å²) in [6.45, 7) is 6.65. The molecule has 1 aliphatic rings. The Morgan fingerprint density at radius 1 is 1.30 bits per heavy atom. The average Bonchev–Trinajstić information content (AvgIpc) is 2.77. The molecule has 0 atom stereocenters. The van der Waals surface area contributed by atoms with Gasteiger partial charge in [-0.1, -0.05) is 19.4 Å². The van der Waals surface area contributed by atoms with Crippen LogP contribution in [0.5, 0.6) is 0 Å². The van der Waals surface area contributed by atoms with Gasteiger partial charge in [-0.2, -0.15) is 0 Å². The zero-order chi connectivity index (χ0) is 14.2. The van der Waals surface area contributed by atoms with Crippen LogP contribution in [0.3, 0.4) is 0 Å². The van der Waals surface area contributed by atoms with Crippen molar-refractivity contribution in [2.45, 2.75) is 44.9 Å². The summed E-state index contributed by atoms with van der Waals surface area (Å²) in [4.78, 5) is 5.02. The number of fused-ring (bicyclic) bond motifs is 1. The Labute approximate surface area is 121 Å². The summed E-state index contributed by atoms with van der Waals surface area (Å²) in [5, 5.41) is 3.49. The van der Waals surface area contributed by atoms with Crippen LogP contribution < -0.4 is 5.32 Å². The van der Waals surface area contributed by atoms with Crippen LogP contribution in [0, 0.1) is 6.92 Å². The molecule has 1 aliphatic heterocycles. The van der Waals surface area contributed by atoms with Gasteiger partial charge in [-0.25, -0.2) is 4.98 Å². The molecule has 3 rings (SSSR count). The van der Waals surface area contributed by atoms with Crippen LogP contribution in [-0.4, -0.2) is 22.6 Å². The number of benzene rings is 1. The third-order valence-electron chi connectivity index (χ3n) is 4.80. The quantitative estimate of drug-likeness (QED) is 0.928. The largest absolute Gasteiger partial charge is 0.331 e. The molecule has 2 heterocycles. The molecule has 0 unspecified atom stereocenters. The number of hydrogen-bond donors (Lipinski definition) is 1. The van der Waals surface area contributed by atoms with Crippen LogP contribution >= 0.6 is 0 Å². The Bertz CT molecular complexity index is 600. The summed E-state index contributed by atoms with van der Waals surface area (Å²) >= 11 is 0. The summed E-state index contributed by atoms with van der Waals surface area (Å²) < 4.78 is 2.33. The van der Waals surface area contributed by atoms with Gasteiger partial charge in [0.2, 0.25) is 0 Å². The van der Waals surface area contributed by atoms with E-state index in [0.29, 0.717) is 0 Å². The Morgan fingerprint density at radius 3 is 2.75 bits per heavy atom. The van der Waals surface area contributed by atoms with Gasteiger partial charge >= 0.3 is 0 Å². The van der Waals surface area contributed by atoms with Gasteiger partial charge < -0.3 is 9.88 Å². The second-order valence-electron chi connectivity index (χ2n) is 6.27. The van der Waals surface area contributed by atoms with Crippen molar-refractivity contribution in [2.24, 2.45) is 7.05 Å². The highest BCUT2D eigenvalue weighted by molar-refractivity contribution is 5.77. The van der Waals surface area contributed by atoms with Gasteiger partial charge in [-0.05, 0) is 57.0 Å². The van der Waals surface area contributed by atoms with Crippen molar-refractivity contribution in [2.75, 3.05) is 13.1 Å². The maximum absolute atomic E-state index is 5.02. The summed E-state index contributed by atoms with van der Waals surface area (Å²) in [6, 6.07) is 6.60. The number of nitrogens with one attached hydrogen (secondary N) is 1. The molecule has 0 bridgehead atoms. The molecule has 1 saturated heterocycles. The molecule has 20 heavy (non-hydrogen) atoms. The molecule has 108 valence electrons. The van der Waals surface area contributed by atoms with Crippen LogP contribution in [0.15, 0.2) is 18.2 Å². The lowest BCUT2D eigenvalue weighted by molar-refractivity contribution is 0.266. The molecule has 3 heteroatoms. The van der Waals surface area contributed by atoms with E-state index in [1.807, 2.05) is 0 Å². The molecule has 0 radical (unpaired) electrons. The van der Waals surface area contributed by atoms with Crippen molar-refractivity contribution in [3.05, 3.63) is 29.6 Å². The smallest absolute Gasteiger partial charge is 0.115 e. The van der Waals surface area contributed by atoms with E-state index < -0.39 is 0 Å². The van der Waals surface area contributed by atoms with Crippen molar-refractivity contribution in [3.63, 3.8) is 0 Å². The van der Waals surface area contributed by atoms with Crippen LogP contribution in [0.1, 0.15) is 44.0 Å². The second-order valence-corrected chi connectivity index (χ2v) is 6.27. The zero-order valence-corrected chi connectivity index (χ0v) is 12.9. The highest BCUT2D eigenvalue weighted by atomic mass is 15.1. The minimum Gasteiger partial charge on any atom is -0.331 e. The number of imidazole rings is 1. The molecule has 1 aromatic carbocycles. The van der Waals surface area contributed by atoms with Crippen molar-refractivity contribution >= 4 is 11.0 Å². The van der Waals surface area contributed by atoms with Gasteiger partial charge in [-0.3, -0.25) is 0 Å². The lowest BCUT2D eigenvalue weighted by Gasteiger charge is -2.37. The van der Waals surface area contributed by atoms with E-state index in [4.69, 9.17) is 4.98 Å². The van der Waals surface area contributed by atoms with Crippen LogP contribution in [0.4, 0.5) is 0 Å². The van der Waals surface area contributed by atoms with Gasteiger partial charge in [0.1, 0.15) is 5.82 Å².